The molecule has 0 bridgehead atoms. The Morgan fingerprint density at radius 3 is 2.66 bits per heavy atom. The second-order valence-corrected chi connectivity index (χ2v) is 10.0. The van der Waals surface area contributed by atoms with Gasteiger partial charge in [0.15, 0.2) is 0 Å². The normalized spacial score (nSPS) is 14.8. The summed E-state index contributed by atoms with van der Waals surface area (Å²) in [6, 6.07) is 14.9. The first-order valence-corrected chi connectivity index (χ1v) is 13.9. The minimum atomic E-state index is -0.0868. The zero-order chi connectivity index (χ0) is 29.0. The third-order valence-corrected chi connectivity index (χ3v) is 6.95. The number of benzene rings is 2. The van der Waals surface area contributed by atoms with Crippen molar-refractivity contribution in [2.45, 2.75) is 26.8 Å². The second-order valence-electron chi connectivity index (χ2n) is 9.59. The number of aliphatic imine (C=N–C) groups is 1. The van der Waals surface area contributed by atoms with Gasteiger partial charge in [-0.05, 0) is 79.1 Å². The fourth-order valence-electron chi connectivity index (χ4n) is 4.45. The van der Waals surface area contributed by atoms with E-state index >= 15 is 0 Å². The molecule has 2 aromatic carbocycles. The van der Waals surface area contributed by atoms with E-state index in [9.17, 15) is 4.79 Å². The van der Waals surface area contributed by atoms with E-state index < -0.39 is 0 Å². The van der Waals surface area contributed by atoms with Crippen LogP contribution in [0.2, 0.25) is 5.02 Å². The molecule has 1 aliphatic carbocycles. The first kappa shape index (κ1) is 29.5. The minimum Gasteiger partial charge on any atom is -0.331 e. The topological polar surface area (TPSA) is 98.3 Å². The Morgan fingerprint density at radius 1 is 1.20 bits per heavy atom. The Balaban J connectivity index is 0.000000201. The zero-order valence-electron chi connectivity index (χ0n) is 23.3. The molecule has 0 unspecified atom stereocenters. The first-order valence-electron chi connectivity index (χ1n) is 13.5. The van der Waals surface area contributed by atoms with E-state index in [4.69, 9.17) is 16.9 Å². The number of hydrogen-bond donors (Lipinski definition) is 2. The van der Waals surface area contributed by atoms with Gasteiger partial charge in [0.1, 0.15) is 5.82 Å². The number of nitrogens with one attached hydrogen (secondary N) is 2. The van der Waals surface area contributed by atoms with E-state index in [0.717, 1.165) is 55.7 Å². The fraction of sp³-hybridized carbons (Fsp3) is 0.250. The standard InChI is InChI=1S/C20H20ClN3.C12H14N4O/c1-3-4-9-23-19-8-6-17(14-24-11-10-22-15(24)2)20-13-18(21)7-5-16(20)12-19;13-9-10-1-3-11(4-2-10)15-12(17)16-7-5-14-6-8-16/h3-11,13H,12,14H2,1-2H3;1-4,14H,5-8H2,(H,15,17)/b4-3-,23-9?;. The molecule has 8 nitrogen and oxygen atoms in total. The molecule has 2 heterocycles. The van der Waals surface area contributed by atoms with Gasteiger partial charge in [0.25, 0.3) is 0 Å². The monoisotopic (exact) mass is 567 g/mol. The van der Waals surface area contributed by atoms with Gasteiger partial charge in [0, 0.05) is 74.2 Å². The van der Waals surface area contributed by atoms with Crippen LogP contribution in [-0.4, -0.2) is 52.9 Å². The quantitative estimate of drug-likeness (QED) is 0.369. The molecule has 2 N–H and O–H groups in total. The van der Waals surface area contributed by atoms with Crippen LogP contribution in [0, 0.1) is 18.3 Å². The summed E-state index contributed by atoms with van der Waals surface area (Å²) in [4.78, 5) is 22.5. The summed E-state index contributed by atoms with van der Waals surface area (Å²) in [5.74, 6) is 0.999. The Kier molecular flexibility index (Phi) is 10.7. The number of carbonyl (C=O) groups excluding carboxylic acids is 1. The maximum atomic E-state index is 11.8. The highest BCUT2D eigenvalue weighted by Gasteiger charge is 2.16. The summed E-state index contributed by atoms with van der Waals surface area (Å²) in [5, 5.41) is 15.4. The second kappa shape index (κ2) is 14.8. The van der Waals surface area contributed by atoms with Crippen LogP contribution in [0.25, 0.3) is 5.57 Å². The van der Waals surface area contributed by atoms with Crippen molar-refractivity contribution < 1.29 is 4.79 Å². The van der Waals surface area contributed by atoms with Gasteiger partial charge >= 0.3 is 6.03 Å². The highest BCUT2D eigenvalue weighted by atomic mass is 35.5. The number of imidazole rings is 1. The van der Waals surface area contributed by atoms with Crippen LogP contribution < -0.4 is 10.6 Å². The van der Waals surface area contributed by atoms with Crippen molar-refractivity contribution in [1.29, 1.82) is 5.26 Å². The largest absolute Gasteiger partial charge is 0.331 e. The number of nitrogens with zero attached hydrogens (tertiary/aromatic N) is 5. The first-order chi connectivity index (χ1) is 20.0. The molecule has 2 aliphatic rings. The number of hydrogen-bond acceptors (Lipinski definition) is 5. The van der Waals surface area contributed by atoms with Crippen molar-refractivity contribution >= 4 is 35.1 Å². The zero-order valence-corrected chi connectivity index (χ0v) is 24.1. The number of allylic oxidation sites excluding steroid dienone is 6. The Morgan fingerprint density at radius 2 is 1.98 bits per heavy atom. The number of carbonyl (C=O) groups is 1. The molecular weight excluding hydrogens is 534 g/mol. The lowest BCUT2D eigenvalue weighted by Crippen LogP contribution is -2.48. The predicted octanol–water partition coefficient (Wildman–Crippen LogP) is 6.01. The molecule has 0 saturated carbocycles. The average Bonchev–Trinajstić information content (AvgIpc) is 3.32. The summed E-state index contributed by atoms with van der Waals surface area (Å²) in [6.45, 7) is 7.88. The van der Waals surface area contributed by atoms with Crippen molar-refractivity contribution in [3.8, 4) is 6.07 Å². The number of anilines is 1. The Bertz CT molecular complexity index is 1500. The Hall–Kier alpha value is -4.45. The van der Waals surface area contributed by atoms with Gasteiger partial charge in [0.05, 0.1) is 11.6 Å². The maximum Gasteiger partial charge on any atom is 0.321 e. The Labute approximate surface area is 246 Å². The number of aryl methyl sites for hydroxylation is 1. The molecule has 1 saturated heterocycles. The summed E-state index contributed by atoms with van der Waals surface area (Å²) >= 11 is 6.25. The molecule has 210 valence electrons. The van der Waals surface area contributed by atoms with Gasteiger partial charge in [-0.3, -0.25) is 4.99 Å². The highest BCUT2D eigenvalue weighted by Crippen LogP contribution is 2.30. The molecule has 0 spiro atoms. The van der Waals surface area contributed by atoms with Crippen LogP contribution in [0.1, 0.15) is 29.4 Å². The lowest BCUT2D eigenvalue weighted by atomic mass is 9.98. The van der Waals surface area contributed by atoms with Crippen LogP contribution in [0.15, 0.2) is 89.9 Å². The van der Waals surface area contributed by atoms with Crippen LogP contribution >= 0.6 is 11.6 Å². The third kappa shape index (κ3) is 8.52. The summed E-state index contributed by atoms with van der Waals surface area (Å²) < 4.78 is 2.14. The van der Waals surface area contributed by atoms with Crippen LogP contribution in [0.3, 0.4) is 0 Å². The van der Waals surface area contributed by atoms with Crippen molar-refractivity contribution in [3.05, 3.63) is 112 Å². The van der Waals surface area contributed by atoms with E-state index in [1.165, 1.54) is 16.7 Å². The number of nitriles is 1. The van der Waals surface area contributed by atoms with Crippen LogP contribution in [0.5, 0.6) is 0 Å². The lowest BCUT2D eigenvalue weighted by molar-refractivity contribution is 0.204. The third-order valence-electron chi connectivity index (χ3n) is 6.72. The molecule has 5 rings (SSSR count). The smallest absolute Gasteiger partial charge is 0.321 e. The van der Waals surface area contributed by atoms with E-state index in [-0.39, 0.29) is 6.03 Å². The fourth-order valence-corrected chi connectivity index (χ4v) is 4.62. The van der Waals surface area contributed by atoms with Gasteiger partial charge in [-0.1, -0.05) is 29.8 Å². The van der Waals surface area contributed by atoms with Gasteiger partial charge in [0.2, 0.25) is 0 Å². The highest BCUT2D eigenvalue weighted by molar-refractivity contribution is 6.30. The number of fused-ring (bicyclic) bond motifs is 1. The van der Waals surface area contributed by atoms with Gasteiger partial charge < -0.3 is 20.1 Å². The molecule has 2 amide bonds. The molecular formula is C32H34ClN7O. The molecule has 1 aromatic heterocycles. The molecule has 1 aliphatic heterocycles. The van der Waals surface area contributed by atoms with Gasteiger partial charge in [-0.25, -0.2) is 9.78 Å². The summed E-state index contributed by atoms with van der Waals surface area (Å²) in [6.07, 6.45) is 14.6. The van der Waals surface area contributed by atoms with Crippen molar-refractivity contribution in [3.63, 3.8) is 0 Å². The van der Waals surface area contributed by atoms with Crippen LogP contribution in [-0.2, 0) is 13.0 Å². The minimum absolute atomic E-state index is 0.0868. The van der Waals surface area contributed by atoms with E-state index in [2.05, 4.69) is 43.4 Å². The van der Waals surface area contributed by atoms with E-state index in [0.29, 0.717) is 11.3 Å². The number of urea groups is 1. The van der Waals surface area contributed by atoms with E-state index in [1.54, 1.807) is 29.2 Å². The SMILES string of the molecule is C/C=C\C=NC1=CC=C(Cn2ccnc2C)c2cc(Cl)ccc2C1.N#Cc1ccc(NC(=O)N2CCNCC2)cc1. The molecule has 9 heteroatoms. The van der Waals surface area contributed by atoms with Crippen molar-refractivity contribution in [1.82, 2.24) is 19.8 Å². The average molecular weight is 568 g/mol. The predicted molar refractivity (Wildman–Crippen MR) is 166 cm³/mol. The van der Waals surface area contributed by atoms with Crippen molar-refractivity contribution in [2.75, 3.05) is 31.5 Å². The number of piperazine rings is 1. The van der Waals surface area contributed by atoms with Gasteiger partial charge in [-0.2, -0.15) is 5.26 Å². The number of rotatable bonds is 5. The van der Waals surface area contributed by atoms with Crippen molar-refractivity contribution in [2.24, 2.45) is 4.99 Å². The number of halogens is 1. The van der Waals surface area contributed by atoms with Gasteiger partial charge in [-0.15, -0.1) is 0 Å². The summed E-state index contributed by atoms with van der Waals surface area (Å²) in [7, 11) is 0. The molecule has 0 atom stereocenters. The number of aromatic nitrogens is 2. The lowest BCUT2D eigenvalue weighted by Gasteiger charge is -2.27. The molecule has 1 fully saturated rings. The summed E-state index contributed by atoms with van der Waals surface area (Å²) in [5.41, 5.74) is 5.98. The van der Waals surface area contributed by atoms with E-state index in [1.807, 2.05) is 62.8 Å². The molecule has 0 radical (unpaired) electrons. The number of amides is 2. The molecule has 3 aromatic rings. The molecule has 41 heavy (non-hydrogen) atoms. The van der Waals surface area contributed by atoms with Crippen LogP contribution in [0.4, 0.5) is 10.5 Å². The maximum absolute atomic E-state index is 11.8.